The van der Waals surface area contributed by atoms with Crippen LogP contribution in [0.5, 0.6) is 0 Å². The van der Waals surface area contributed by atoms with Gasteiger partial charge >= 0.3 is 39.5 Å². The Morgan fingerprint density at radius 1 is 0.310 bits per heavy atom. The van der Waals surface area contributed by atoms with Crippen molar-refractivity contribution in [2.24, 2.45) is 5.92 Å². The van der Waals surface area contributed by atoms with Crippen LogP contribution in [0.25, 0.3) is 0 Å². The van der Waals surface area contributed by atoms with Gasteiger partial charge < -0.3 is 33.8 Å². The molecule has 0 fully saturated rings. The van der Waals surface area contributed by atoms with Crippen molar-refractivity contribution in [3.63, 3.8) is 0 Å². The van der Waals surface area contributed by atoms with E-state index in [1.54, 1.807) is 0 Å². The predicted molar refractivity (Wildman–Crippen MR) is 349 cm³/mol. The number of ether oxygens (including phenoxy) is 4. The van der Waals surface area contributed by atoms with Crippen molar-refractivity contribution in [3.8, 4) is 0 Å². The zero-order valence-corrected chi connectivity index (χ0v) is 57.9. The average molecular weight is 1280 g/mol. The summed E-state index contributed by atoms with van der Waals surface area (Å²) in [4.78, 5) is 72.3. The van der Waals surface area contributed by atoms with E-state index in [9.17, 15) is 43.2 Å². The van der Waals surface area contributed by atoms with Crippen molar-refractivity contribution in [2.45, 2.75) is 368 Å². The van der Waals surface area contributed by atoms with Gasteiger partial charge in [0, 0.05) is 25.7 Å². The molecule has 516 valence electrons. The highest BCUT2D eigenvalue weighted by atomic mass is 31.2. The van der Waals surface area contributed by atoms with Crippen LogP contribution in [0.1, 0.15) is 349 Å². The molecule has 0 spiro atoms. The third kappa shape index (κ3) is 62.6. The number of hydrogen-bond acceptors (Lipinski definition) is 15. The molecule has 0 aliphatic carbocycles. The quantitative estimate of drug-likeness (QED) is 0.0222. The van der Waals surface area contributed by atoms with Crippen molar-refractivity contribution in [2.75, 3.05) is 39.6 Å². The van der Waals surface area contributed by atoms with Crippen molar-refractivity contribution in [1.82, 2.24) is 0 Å². The van der Waals surface area contributed by atoms with E-state index < -0.39 is 97.5 Å². The number of hydrogen-bond donors (Lipinski definition) is 3. The molecule has 2 unspecified atom stereocenters. The summed E-state index contributed by atoms with van der Waals surface area (Å²) in [6.07, 6.45) is 47.2. The zero-order chi connectivity index (χ0) is 64.2. The van der Waals surface area contributed by atoms with E-state index in [0.29, 0.717) is 25.7 Å². The molecule has 0 radical (unpaired) electrons. The van der Waals surface area contributed by atoms with Crippen LogP contribution >= 0.6 is 15.6 Å². The molecule has 17 nitrogen and oxygen atoms in total. The van der Waals surface area contributed by atoms with Crippen LogP contribution in [0.15, 0.2) is 0 Å². The normalized spacial score (nSPS) is 14.1. The van der Waals surface area contributed by atoms with Crippen molar-refractivity contribution < 1.29 is 80.2 Å². The first kappa shape index (κ1) is 85.1. The van der Waals surface area contributed by atoms with Crippen LogP contribution in [-0.2, 0) is 65.4 Å². The fourth-order valence-electron chi connectivity index (χ4n) is 10.3. The molecule has 3 N–H and O–H groups in total. The predicted octanol–water partition coefficient (Wildman–Crippen LogP) is 19.4. The second-order valence-electron chi connectivity index (χ2n) is 25.0. The second-order valence-corrected chi connectivity index (χ2v) is 27.9. The lowest BCUT2D eigenvalue weighted by molar-refractivity contribution is -0.161. The second kappa shape index (κ2) is 61.6. The van der Waals surface area contributed by atoms with Crippen LogP contribution in [0, 0.1) is 5.92 Å². The number of carbonyl (C=O) groups is 4. The monoisotopic (exact) mass is 1280 g/mol. The average Bonchev–Trinajstić information content (AvgIpc) is 3.66. The summed E-state index contributed by atoms with van der Waals surface area (Å²) in [7, 11) is -9.89. The zero-order valence-electron chi connectivity index (χ0n) is 56.2. The standard InChI is InChI=1S/C68H132O17P2/c1-6-9-12-15-18-21-28-33-37-42-47-52-66(71)79-58-64(85-68(73)54-49-44-39-34-30-27-25-23-22-24-26-29-32-35-40-45-50-61(4)5)60-83-87(76,77)81-56-62(69)55-80-86(74,75)82-59-63(57-78-65(70)51-46-41-36-20-17-14-11-8-3)84-67(72)53-48-43-38-31-19-16-13-10-7-2/h61-64,69H,6-60H2,1-5H3,(H,74,75)(H,76,77)/t62-,63+,64+/m0/s1. The Morgan fingerprint density at radius 2 is 0.529 bits per heavy atom. The number of phosphoric ester groups is 2. The Hall–Kier alpha value is -1.94. The number of carbonyl (C=O) groups excluding carboxylic acids is 4. The molecule has 0 aliphatic heterocycles. The minimum atomic E-state index is -4.95. The molecule has 0 aromatic rings. The maximum atomic E-state index is 13.0. The fourth-order valence-corrected chi connectivity index (χ4v) is 11.9. The van der Waals surface area contributed by atoms with E-state index in [-0.39, 0.29) is 25.7 Å². The maximum Gasteiger partial charge on any atom is 0.472 e. The largest absolute Gasteiger partial charge is 0.472 e. The number of aliphatic hydroxyl groups excluding tert-OH is 1. The minimum absolute atomic E-state index is 0.106. The molecule has 0 heterocycles. The van der Waals surface area contributed by atoms with Gasteiger partial charge in [-0.25, -0.2) is 9.13 Å². The van der Waals surface area contributed by atoms with Gasteiger partial charge in [0.25, 0.3) is 0 Å². The maximum absolute atomic E-state index is 13.0. The van der Waals surface area contributed by atoms with E-state index in [2.05, 4.69) is 34.6 Å². The van der Waals surface area contributed by atoms with Crippen molar-refractivity contribution in [3.05, 3.63) is 0 Å². The Bertz CT molecular complexity index is 1690. The van der Waals surface area contributed by atoms with Gasteiger partial charge in [-0.2, -0.15) is 0 Å². The smallest absolute Gasteiger partial charge is 0.462 e. The summed E-state index contributed by atoms with van der Waals surface area (Å²) >= 11 is 0. The van der Waals surface area contributed by atoms with Crippen LogP contribution in [-0.4, -0.2) is 96.7 Å². The number of aliphatic hydroxyl groups is 1. The molecule has 0 rings (SSSR count). The Labute approximate surface area is 530 Å². The van der Waals surface area contributed by atoms with Crippen LogP contribution < -0.4 is 0 Å². The van der Waals surface area contributed by atoms with E-state index >= 15 is 0 Å². The first-order chi connectivity index (χ1) is 42.0. The van der Waals surface area contributed by atoms with Crippen molar-refractivity contribution >= 4 is 39.5 Å². The summed E-state index contributed by atoms with van der Waals surface area (Å²) in [5, 5.41) is 10.5. The molecule has 19 heteroatoms. The third-order valence-electron chi connectivity index (χ3n) is 15.8. The lowest BCUT2D eigenvalue weighted by Crippen LogP contribution is -2.30. The molecule has 87 heavy (non-hydrogen) atoms. The minimum Gasteiger partial charge on any atom is -0.462 e. The highest BCUT2D eigenvalue weighted by Gasteiger charge is 2.30. The first-order valence-corrected chi connectivity index (χ1v) is 38.6. The molecule has 0 amide bonds. The molecular weight excluding hydrogens is 1150 g/mol. The summed E-state index contributed by atoms with van der Waals surface area (Å²) < 4.78 is 68.1. The lowest BCUT2D eigenvalue weighted by Gasteiger charge is -2.21. The molecule has 0 aromatic heterocycles. The van der Waals surface area contributed by atoms with E-state index in [1.165, 1.54) is 167 Å². The molecule has 0 saturated heterocycles. The van der Waals surface area contributed by atoms with E-state index in [1.807, 2.05) is 0 Å². The van der Waals surface area contributed by atoms with E-state index in [4.69, 9.17) is 37.0 Å². The molecule has 0 bridgehead atoms. The fraction of sp³-hybridized carbons (Fsp3) is 0.941. The number of unbranched alkanes of at least 4 members (excludes halogenated alkanes) is 40. The van der Waals surface area contributed by atoms with Gasteiger partial charge in [-0.1, -0.05) is 298 Å². The highest BCUT2D eigenvalue weighted by molar-refractivity contribution is 7.47. The highest BCUT2D eigenvalue weighted by Crippen LogP contribution is 2.45. The van der Waals surface area contributed by atoms with E-state index in [0.717, 1.165) is 102 Å². The SMILES string of the molecule is CCCCCCCCCCCCCC(=O)OC[C@H](COP(=O)(O)OC[C@@H](O)COP(=O)(O)OC[C@@H](COC(=O)CCCCCCCCCC)OC(=O)CCCCCCCCCCC)OC(=O)CCCCCCCCCCCCCCCCCCC(C)C. The number of esters is 4. The summed E-state index contributed by atoms with van der Waals surface area (Å²) in [5.41, 5.74) is 0. The summed E-state index contributed by atoms with van der Waals surface area (Å²) in [6, 6.07) is 0. The molecule has 0 aromatic carbocycles. The van der Waals surface area contributed by atoms with Gasteiger partial charge in [-0.05, 0) is 31.6 Å². The van der Waals surface area contributed by atoms with Gasteiger partial charge in [0.2, 0.25) is 0 Å². The molecule has 5 atom stereocenters. The van der Waals surface area contributed by atoms with Gasteiger partial charge in [-0.3, -0.25) is 37.3 Å². The van der Waals surface area contributed by atoms with Gasteiger partial charge in [-0.15, -0.1) is 0 Å². The van der Waals surface area contributed by atoms with Crippen LogP contribution in [0.2, 0.25) is 0 Å². The van der Waals surface area contributed by atoms with Crippen LogP contribution in [0.3, 0.4) is 0 Å². The van der Waals surface area contributed by atoms with Crippen LogP contribution in [0.4, 0.5) is 0 Å². The molecule has 0 saturated carbocycles. The lowest BCUT2D eigenvalue weighted by atomic mass is 10.0. The Morgan fingerprint density at radius 3 is 0.782 bits per heavy atom. The first-order valence-electron chi connectivity index (χ1n) is 35.6. The molecular formula is C68H132O17P2. The van der Waals surface area contributed by atoms with Crippen molar-refractivity contribution in [1.29, 1.82) is 0 Å². The third-order valence-corrected chi connectivity index (χ3v) is 17.7. The Kier molecular flexibility index (Phi) is 60.2. The summed E-state index contributed by atoms with van der Waals surface area (Å²) in [5.74, 6) is -1.32. The summed E-state index contributed by atoms with van der Waals surface area (Å²) in [6.45, 7) is 7.21. The number of phosphoric acid groups is 2. The van der Waals surface area contributed by atoms with Gasteiger partial charge in [0.1, 0.15) is 19.3 Å². The Balaban J connectivity index is 5.16. The topological polar surface area (TPSA) is 237 Å². The van der Waals surface area contributed by atoms with Gasteiger partial charge in [0.05, 0.1) is 26.4 Å². The van der Waals surface area contributed by atoms with Gasteiger partial charge in [0.15, 0.2) is 12.2 Å². The number of rotatable bonds is 68. The molecule has 0 aliphatic rings.